The highest BCUT2D eigenvalue weighted by molar-refractivity contribution is 5.76. The van der Waals surface area contributed by atoms with Crippen molar-refractivity contribution in [3.8, 4) is 0 Å². The molecule has 2 amide bonds. The van der Waals surface area contributed by atoms with Gasteiger partial charge in [0.15, 0.2) is 0 Å². The quantitative estimate of drug-likeness (QED) is 0.0116. The molecule has 0 radical (unpaired) electrons. The summed E-state index contributed by atoms with van der Waals surface area (Å²) in [6, 6.07) is -0.982. The van der Waals surface area contributed by atoms with Crippen LogP contribution in [0.2, 0.25) is 0 Å². The van der Waals surface area contributed by atoms with E-state index in [4.69, 9.17) is 62.1 Å². The van der Waals surface area contributed by atoms with Crippen LogP contribution in [-0.4, -0.2) is 162 Å². The van der Waals surface area contributed by atoms with Gasteiger partial charge in [-0.15, -0.1) is 0 Å². The van der Waals surface area contributed by atoms with Gasteiger partial charge in [-0.05, 0) is 225 Å². The van der Waals surface area contributed by atoms with E-state index in [9.17, 15) is 29.1 Å². The minimum atomic E-state index is -0.884. The van der Waals surface area contributed by atoms with Crippen molar-refractivity contribution in [3.63, 3.8) is 0 Å². The van der Waals surface area contributed by atoms with Gasteiger partial charge in [0.2, 0.25) is 11.8 Å². The molecule has 0 fully saturated rings. The summed E-state index contributed by atoms with van der Waals surface area (Å²) < 4.78 is 14.8. The molecule has 141 heavy (non-hydrogen) atoms. The van der Waals surface area contributed by atoms with Gasteiger partial charge in [-0.3, -0.25) is 24.0 Å². The van der Waals surface area contributed by atoms with Crippen molar-refractivity contribution >= 4 is 29.7 Å². The van der Waals surface area contributed by atoms with E-state index in [2.05, 4.69) is 349 Å². The first kappa shape index (κ1) is 139. The van der Waals surface area contributed by atoms with E-state index < -0.39 is 30.4 Å². The summed E-state index contributed by atoms with van der Waals surface area (Å²) in [5.41, 5.74) is 16.2. The monoisotopic (exact) mass is 1950 g/mol. The first-order valence-corrected chi connectivity index (χ1v) is 51.9. The molecule has 0 spiro atoms. The van der Waals surface area contributed by atoms with Crippen LogP contribution < -0.4 is 27.8 Å². The van der Waals surface area contributed by atoms with Crippen LogP contribution in [0.25, 0.3) is 0 Å². The molecule has 0 aliphatic rings. The predicted octanol–water partition coefficient (Wildman–Crippen LogP) is 24.7. The van der Waals surface area contributed by atoms with Crippen LogP contribution in [0, 0.1) is 0 Å². The van der Waals surface area contributed by atoms with Gasteiger partial charge in [-0.25, -0.2) is 0 Å². The fourth-order valence-corrected chi connectivity index (χ4v) is 10.8. The Morgan fingerprint density at radius 1 is 0.227 bits per heavy atom. The maximum atomic E-state index is 11.5. The number of carbonyl (C=O) groups is 5. The predicted molar refractivity (Wildman–Crippen MR) is 599 cm³/mol. The standard InChI is InChI=1S/3C25H39NO3.2C23H37NO3/c1-2-3-4-5-6-7-8-9-10-11-12-13-14-15-16-17-18-19-20-21-25(28)29-23-24(26)22-27;1-2-3-4-5-6-7-8-9-10-11-12-13-14-15-16-17-18-19-20-21-25(28)29-23-24(27)22-26;1-2-3-4-5-6-7-8-9-10-11-12-13-14-15-16-17-18-19-20-21-25(29)26-22-24(28)23-27;1-2-3-4-5-6-7-8-9-10-11-12-13-14-15-16-17-18-19-23(26)27-21-22(24)20-25;1-2-3-4-5-6-7-8-9-10-11-12-13-14-15-16-17-18-19-23(27)24-20-22(26)21-25/h2*3-4,6-7,9-10,12-13,15-16,18-19,24,27H,2,5,8,11,14,17,20-23,26H2,1H3;3-4,6-7,9-10,12-13,15-16,18-19,24,27-28H,2,5,8,11,14,17,20-23H2,1H3,(H,26,29);3-4,6-7,9-10,12-13,15-16,22,25H,2,5,8,11,14,17-21,24H2,1H3;3-4,6-7,9-10,12-13,15-16,22,25-26H,2,5,8,11,14,17-21H2,1H3,(H,24,27)/b3*4-3-,7-6-,10-9-,13-12-,16-15-,19-18-;2*4-3-,7-6-,10-9-,13-12-,16-15-. The van der Waals surface area contributed by atoms with E-state index in [1.54, 1.807) is 0 Å². The molecule has 0 bridgehead atoms. The van der Waals surface area contributed by atoms with Gasteiger partial charge < -0.3 is 77.8 Å². The molecule has 0 rings (SSSR count). The van der Waals surface area contributed by atoms with Crippen molar-refractivity contribution in [2.24, 2.45) is 17.2 Å². The lowest BCUT2D eigenvalue weighted by Gasteiger charge is -2.08. The molecule has 0 aromatic rings. The smallest absolute Gasteiger partial charge is 0.306 e. The molecule has 0 aliphatic heterocycles. The number of nitrogens with two attached hydrogens (primary N) is 3. The topological polar surface area (TPSA) is 357 Å². The number of aliphatic hydroxyl groups is 7. The van der Waals surface area contributed by atoms with Crippen molar-refractivity contribution in [1.29, 1.82) is 0 Å². The average molecular weight is 1960 g/mol. The lowest BCUT2D eigenvalue weighted by atomic mass is 10.2. The number of nitrogens with one attached hydrogen (secondary N) is 2. The number of unbranched alkanes of at least 4 members (excludes halogenated alkanes) is 2. The summed E-state index contributed by atoms with van der Waals surface area (Å²) in [5.74, 6) is -1.05. The summed E-state index contributed by atoms with van der Waals surface area (Å²) >= 11 is 0. The Balaban J connectivity index is -0.000000547. The van der Waals surface area contributed by atoms with Gasteiger partial charge in [0.1, 0.15) is 25.9 Å². The third-order valence-corrected chi connectivity index (χ3v) is 18.8. The Kier molecular flexibility index (Phi) is 124. The first-order valence-electron chi connectivity index (χ1n) is 51.9. The van der Waals surface area contributed by atoms with E-state index in [1.807, 2.05) is 36.5 Å². The highest BCUT2D eigenvalue weighted by Crippen LogP contribution is 2.08. The highest BCUT2D eigenvalue weighted by Gasteiger charge is 2.10. The number of aliphatic hydroxyl groups excluding tert-OH is 7. The van der Waals surface area contributed by atoms with Crippen molar-refractivity contribution in [1.82, 2.24) is 10.6 Å². The highest BCUT2D eigenvalue weighted by atomic mass is 16.5. The number of amides is 2. The maximum Gasteiger partial charge on any atom is 0.306 e. The molecule has 20 nitrogen and oxygen atoms in total. The van der Waals surface area contributed by atoms with Crippen molar-refractivity contribution in [3.05, 3.63) is 340 Å². The van der Waals surface area contributed by atoms with Gasteiger partial charge >= 0.3 is 17.9 Å². The minimum Gasteiger partial charge on any atom is -0.464 e. The second-order valence-corrected chi connectivity index (χ2v) is 32.2. The second-order valence-electron chi connectivity index (χ2n) is 32.2. The minimum absolute atomic E-state index is 0.0287. The van der Waals surface area contributed by atoms with Gasteiger partial charge in [0.25, 0.3) is 0 Å². The van der Waals surface area contributed by atoms with Gasteiger partial charge in [-0.2, -0.15) is 0 Å². The molecule has 0 heterocycles. The molecule has 0 saturated carbocycles. The number of carbonyl (C=O) groups excluding carboxylic acids is 5. The first-order chi connectivity index (χ1) is 69.0. The average Bonchev–Trinajstić information content (AvgIpc) is 1.03. The zero-order chi connectivity index (χ0) is 104. The molecular weight excluding hydrogens is 1760 g/mol. The summed E-state index contributed by atoms with van der Waals surface area (Å²) in [5, 5.41) is 67.5. The third-order valence-electron chi connectivity index (χ3n) is 18.8. The number of esters is 3. The van der Waals surface area contributed by atoms with E-state index in [-0.39, 0.29) is 95.6 Å². The lowest BCUT2D eigenvalue weighted by Crippen LogP contribution is -2.33. The zero-order valence-electron chi connectivity index (χ0n) is 87.2. The maximum absolute atomic E-state index is 11.5. The van der Waals surface area contributed by atoms with Crippen LogP contribution in [0.5, 0.6) is 0 Å². The number of hydrogen-bond donors (Lipinski definition) is 12. The fourth-order valence-electron chi connectivity index (χ4n) is 10.8. The fraction of sp³-hybridized carbons (Fsp3) is 0.496. The summed E-state index contributed by atoms with van der Waals surface area (Å²) in [7, 11) is 0. The molecular formula is C121H191N5O15. The molecule has 790 valence electrons. The van der Waals surface area contributed by atoms with Crippen LogP contribution in [0.15, 0.2) is 340 Å². The Morgan fingerprint density at radius 3 is 0.610 bits per heavy atom. The van der Waals surface area contributed by atoms with Gasteiger partial charge in [-0.1, -0.05) is 375 Å². The zero-order valence-corrected chi connectivity index (χ0v) is 87.2. The van der Waals surface area contributed by atoms with Gasteiger partial charge in [0, 0.05) is 51.7 Å². The second kappa shape index (κ2) is 126. The van der Waals surface area contributed by atoms with Crippen molar-refractivity contribution in [2.45, 2.75) is 322 Å². The SMILES string of the molecule is CC/C=C\C/C=C\C/C=C\C/C=C\C/C=C\C/C=C\CCC(=O)NCC(O)CO.CC/C=C\C/C=C\C/C=C\C/C=C\C/C=C\C/C=C\CCC(=O)OCC(N)CO.CC/C=C\C/C=C\C/C=C\C/C=C\C/C=C\C/C=C\CCC(=O)OCC(O)CN.CC/C=C\C/C=C\C/C=C\C/C=C\C/C=C\CCCC(=O)NCC(O)CO.CC/C=C\C/C=C\C/C=C\C/C=C\C/C=C\CCCC(=O)OCC(N)CO. The van der Waals surface area contributed by atoms with Crippen LogP contribution in [0.1, 0.15) is 291 Å². The third kappa shape index (κ3) is 134. The largest absolute Gasteiger partial charge is 0.464 e. The molecule has 0 aliphatic carbocycles. The van der Waals surface area contributed by atoms with E-state index in [0.29, 0.717) is 51.4 Å². The normalized spacial score (nSPS) is 13.8. The number of hydrogen-bond acceptors (Lipinski definition) is 18. The van der Waals surface area contributed by atoms with E-state index in [1.165, 1.54) is 0 Å². The molecule has 5 atom stereocenters. The molecule has 5 unspecified atom stereocenters. The Labute approximate surface area is 854 Å². The van der Waals surface area contributed by atoms with Crippen LogP contribution >= 0.6 is 0 Å². The Bertz CT molecular complexity index is 3430. The number of rotatable bonds is 83. The molecule has 0 saturated heterocycles. The van der Waals surface area contributed by atoms with Crippen molar-refractivity contribution < 1.29 is 73.9 Å². The molecule has 15 N–H and O–H groups in total. The van der Waals surface area contributed by atoms with E-state index in [0.717, 1.165) is 205 Å². The lowest BCUT2D eigenvalue weighted by molar-refractivity contribution is -0.146. The van der Waals surface area contributed by atoms with E-state index >= 15 is 0 Å². The van der Waals surface area contributed by atoms with Gasteiger partial charge in [0.05, 0.1) is 50.7 Å². The Morgan fingerprint density at radius 2 is 0.404 bits per heavy atom. The molecule has 20 heteroatoms. The van der Waals surface area contributed by atoms with Crippen molar-refractivity contribution in [2.75, 3.05) is 65.9 Å². The number of ether oxygens (including phenoxy) is 3. The Hall–Kier alpha value is -10.3. The van der Waals surface area contributed by atoms with Crippen LogP contribution in [0.3, 0.4) is 0 Å². The van der Waals surface area contributed by atoms with Crippen LogP contribution in [0.4, 0.5) is 0 Å². The summed E-state index contributed by atoms with van der Waals surface area (Å²) in [6.07, 6.45) is 153. The summed E-state index contributed by atoms with van der Waals surface area (Å²) in [4.78, 5) is 57.2. The molecule has 0 aromatic heterocycles. The molecule has 0 aromatic carbocycles. The summed E-state index contributed by atoms with van der Waals surface area (Å²) in [6.45, 7) is 10.1. The van der Waals surface area contributed by atoms with Crippen LogP contribution in [-0.2, 0) is 38.2 Å². The number of allylic oxidation sites excluding steroid dienone is 56.